The lowest BCUT2D eigenvalue weighted by atomic mass is 10.1. The number of nitrogens with one attached hydrogen (secondary N) is 1. The van der Waals surface area contributed by atoms with Gasteiger partial charge in [-0.15, -0.1) is 0 Å². The largest absolute Gasteiger partial charge is 0.335 e. The maximum atomic E-state index is 11.4. The molecule has 73 valence electrons. The average Bonchev–Trinajstić information content (AvgIpc) is 2.03. The number of carbonyl (C=O) groups is 2. The molecule has 1 heterocycles. The van der Waals surface area contributed by atoms with E-state index in [0.29, 0.717) is 13.0 Å². The van der Waals surface area contributed by atoms with Crippen LogP contribution >= 0.6 is 0 Å². The molecular weight excluding hydrogens is 168 g/mol. The highest BCUT2D eigenvalue weighted by Crippen LogP contribution is 2.10. The summed E-state index contributed by atoms with van der Waals surface area (Å²) in [7, 11) is 0. The molecule has 0 spiro atoms. The van der Waals surface area contributed by atoms with E-state index in [2.05, 4.69) is 12.2 Å². The van der Waals surface area contributed by atoms with Crippen molar-refractivity contribution in [1.82, 2.24) is 10.2 Å². The van der Waals surface area contributed by atoms with E-state index in [1.807, 2.05) is 0 Å². The third-order valence-electron chi connectivity index (χ3n) is 1.94. The maximum Gasteiger partial charge on any atom is 0.324 e. The van der Waals surface area contributed by atoms with Crippen LogP contribution in [0, 0.1) is 6.92 Å². The fourth-order valence-corrected chi connectivity index (χ4v) is 1.31. The van der Waals surface area contributed by atoms with Crippen molar-refractivity contribution >= 4 is 11.9 Å². The Bertz CT molecular complexity index is 214. The zero-order valence-corrected chi connectivity index (χ0v) is 7.88. The van der Waals surface area contributed by atoms with Crippen LogP contribution in [0.15, 0.2) is 0 Å². The third-order valence-corrected chi connectivity index (χ3v) is 1.94. The molecule has 4 nitrogen and oxygen atoms in total. The predicted octanol–water partition coefficient (Wildman–Crippen LogP) is 0.931. The molecule has 1 atom stereocenters. The van der Waals surface area contributed by atoms with Crippen LogP contribution in [0.4, 0.5) is 4.79 Å². The first kappa shape index (κ1) is 10.0. The second-order valence-electron chi connectivity index (χ2n) is 3.35. The molecule has 0 bridgehead atoms. The van der Waals surface area contributed by atoms with Gasteiger partial charge in [-0.3, -0.25) is 9.69 Å². The molecule has 0 aromatic heterocycles. The van der Waals surface area contributed by atoms with E-state index < -0.39 is 0 Å². The highest BCUT2D eigenvalue weighted by atomic mass is 16.2. The zero-order valence-electron chi connectivity index (χ0n) is 7.88. The van der Waals surface area contributed by atoms with Crippen LogP contribution in [0.25, 0.3) is 0 Å². The lowest BCUT2D eigenvalue weighted by molar-refractivity contribution is -0.130. The van der Waals surface area contributed by atoms with Gasteiger partial charge in [0.05, 0.1) is 0 Å². The Hall–Kier alpha value is -1.06. The predicted molar refractivity (Wildman–Crippen MR) is 48.9 cm³/mol. The first-order valence-electron chi connectivity index (χ1n) is 4.55. The number of nitrogens with zero attached hydrogens (tertiary/aromatic N) is 1. The average molecular weight is 183 g/mol. The molecule has 4 heteroatoms. The molecule has 1 saturated heterocycles. The summed E-state index contributed by atoms with van der Waals surface area (Å²) in [6, 6.07) is -0.477. The Morgan fingerprint density at radius 1 is 1.62 bits per heavy atom. The van der Waals surface area contributed by atoms with Crippen LogP contribution < -0.4 is 5.32 Å². The van der Waals surface area contributed by atoms with Crippen LogP contribution in [-0.2, 0) is 4.79 Å². The van der Waals surface area contributed by atoms with E-state index in [9.17, 15) is 9.59 Å². The number of hydrogen-bond acceptors (Lipinski definition) is 2. The summed E-state index contributed by atoms with van der Waals surface area (Å²) in [6.45, 7) is 5.94. The minimum atomic E-state index is -0.313. The van der Waals surface area contributed by atoms with Gasteiger partial charge in [-0.1, -0.05) is 0 Å². The zero-order chi connectivity index (χ0) is 9.84. The second-order valence-corrected chi connectivity index (χ2v) is 3.35. The molecule has 0 aromatic carbocycles. The Morgan fingerprint density at radius 2 is 2.31 bits per heavy atom. The van der Waals surface area contributed by atoms with Gasteiger partial charge in [0, 0.05) is 19.0 Å². The number of imide groups is 1. The van der Waals surface area contributed by atoms with Crippen LogP contribution in [0.1, 0.15) is 26.2 Å². The molecule has 1 aliphatic heterocycles. The molecule has 1 unspecified atom stereocenters. The second kappa shape index (κ2) is 4.25. The van der Waals surface area contributed by atoms with Gasteiger partial charge in [0.2, 0.25) is 5.91 Å². The van der Waals surface area contributed by atoms with Crippen molar-refractivity contribution in [3.63, 3.8) is 0 Å². The summed E-state index contributed by atoms with van der Waals surface area (Å²) in [5.74, 6) is -0.0793. The first-order chi connectivity index (χ1) is 6.11. The minimum absolute atomic E-state index is 0.0793. The van der Waals surface area contributed by atoms with E-state index in [4.69, 9.17) is 0 Å². The third kappa shape index (κ3) is 2.72. The Labute approximate surface area is 78.3 Å². The summed E-state index contributed by atoms with van der Waals surface area (Å²) in [5, 5.41) is 2.60. The molecule has 0 aliphatic carbocycles. The van der Waals surface area contributed by atoms with E-state index in [-0.39, 0.29) is 18.0 Å². The van der Waals surface area contributed by atoms with Crippen molar-refractivity contribution < 1.29 is 9.59 Å². The van der Waals surface area contributed by atoms with Crippen LogP contribution in [-0.4, -0.2) is 29.4 Å². The quantitative estimate of drug-likeness (QED) is 0.657. The van der Waals surface area contributed by atoms with Crippen LogP contribution in [0.5, 0.6) is 0 Å². The summed E-state index contributed by atoms with van der Waals surface area (Å²) >= 11 is 0. The summed E-state index contributed by atoms with van der Waals surface area (Å²) in [6.07, 6.45) is 2.28. The van der Waals surface area contributed by atoms with Crippen molar-refractivity contribution in [2.45, 2.75) is 32.2 Å². The van der Waals surface area contributed by atoms with Crippen LogP contribution in [0.3, 0.4) is 0 Å². The number of urea groups is 1. The number of likely N-dealkylation sites (tertiary alicyclic amines) is 1. The molecular formula is C9H15N2O2. The normalized spacial score (nSPS) is 17.8. The van der Waals surface area contributed by atoms with E-state index in [1.165, 1.54) is 4.90 Å². The summed E-state index contributed by atoms with van der Waals surface area (Å²) in [5.41, 5.74) is 0. The smallest absolute Gasteiger partial charge is 0.324 e. The van der Waals surface area contributed by atoms with Crippen LogP contribution in [0.2, 0.25) is 0 Å². The van der Waals surface area contributed by atoms with Crippen molar-refractivity contribution in [1.29, 1.82) is 0 Å². The summed E-state index contributed by atoms with van der Waals surface area (Å²) in [4.78, 5) is 23.9. The van der Waals surface area contributed by atoms with Crippen molar-refractivity contribution in [2.24, 2.45) is 0 Å². The van der Waals surface area contributed by atoms with Gasteiger partial charge in [-0.25, -0.2) is 4.79 Å². The Balaban J connectivity index is 2.49. The highest BCUT2D eigenvalue weighted by Gasteiger charge is 2.24. The molecule has 0 saturated carbocycles. The van der Waals surface area contributed by atoms with Gasteiger partial charge >= 0.3 is 6.03 Å². The van der Waals surface area contributed by atoms with Crippen molar-refractivity contribution in [2.75, 3.05) is 6.54 Å². The van der Waals surface area contributed by atoms with E-state index in [0.717, 1.165) is 12.8 Å². The maximum absolute atomic E-state index is 11.4. The standard InChI is InChI=1S/C9H15N2O2/c1-7(2)10-9(13)11-6-4-3-5-8(11)12/h7H,1,3-6H2,2H3,(H,10,13). The van der Waals surface area contributed by atoms with Gasteiger partial charge in [-0.05, 0) is 26.7 Å². The Kier molecular flexibility index (Phi) is 3.28. The SMILES string of the molecule is [CH2]C(C)NC(=O)N1CCCCC1=O. The summed E-state index contributed by atoms with van der Waals surface area (Å²) < 4.78 is 0. The molecule has 3 amide bonds. The lowest BCUT2D eigenvalue weighted by Crippen LogP contribution is -2.48. The number of carbonyl (C=O) groups excluding carboxylic acids is 2. The molecule has 0 aromatic rings. The molecule has 1 fully saturated rings. The van der Waals surface area contributed by atoms with Crippen molar-refractivity contribution in [3.8, 4) is 0 Å². The number of amides is 3. The van der Waals surface area contributed by atoms with Gasteiger partial charge in [0.25, 0.3) is 0 Å². The van der Waals surface area contributed by atoms with Gasteiger partial charge in [0.15, 0.2) is 0 Å². The Morgan fingerprint density at radius 3 is 2.85 bits per heavy atom. The van der Waals surface area contributed by atoms with Gasteiger partial charge < -0.3 is 5.32 Å². The fourth-order valence-electron chi connectivity index (χ4n) is 1.31. The van der Waals surface area contributed by atoms with Gasteiger partial charge in [0.1, 0.15) is 0 Å². The number of piperidine rings is 1. The topological polar surface area (TPSA) is 49.4 Å². The molecule has 1 radical (unpaired) electrons. The van der Waals surface area contributed by atoms with Crippen molar-refractivity contribution in [3.05, 3.63) is 6.92 Å². The molecule has 1 rings (SSSR count). The fraction of sp³-hybridized carbons (Fsp3) is 0.667. The molecule has 13 heavy (non-hydrogen) atoms. The monoisotopic (exact) mass is 183 g/mol. The lowest BCUT2D eigenvalue weighted by Gasteiger charge is -2.25. The molecule has 1 N–H and O–H groups in total. The first-order valence-corrected chi connectivity index (χ1v) is 4.55. The van der Waals surface area contributed by atoms with Gasteiger partial charge in [-0.2, -0.15) is 0 Å². The van der Waals surface area contributed by atoms with E-state index in [1.54, 1.807) is 6.92 Å². The number of hydrogen-bond donors (Lipinski definition) is 1. The highest BCUT2D eigenvalue weighted by molar-refractivity contribution is 5.94. The number of rotatable bonds is 1. The minimum Gasteiger partial charge on any atom is -0.335 e. The molecule has 1 aliphatic rings. The van der Waals surface area contributed by atoms with E-state index >= 15 is 0 Å².